The minimum absolute atomic E-state index is 0.222. The molecule has 25 heavy (non-hydrogen) atoms. The van der Waals surface area contributed by atoms with Crippen LogP contribution in [0.5, 0.6) is 0 Å². The van der Waals surface area contributed by atoms with Gasteiger partial charge >= 0.3 is 0 Å². The van der Waals surface area contributed by atoms with Crippen LogP contribution in [0.4, 0.5) is 4.39 Å². The molecule has 0 heterocycles. The van der Waals surface area contributed by atoms with Crippen molar-refractivity contribution in [2.45, 2.75) is 44.8 Å². The summed E-state index contributed by atoms with van der Waals surface area (Å²) in [4.78, 5) is 4.18. The molecule has 0 aliphatic rings. The maximum atomic E-state index is 13.2. The van der Waals surface area contributed by atoms with Crippen LogP contribution in [0.25, 0.3) is 0 Å². The van der Waals surface area contributed by atoms with Gasteiger partial charge in [-0.25, -0.2) is 4.39 Å². The number of hydrogen-bond acceptors (Lipinski definition) is 2. The molecule has 0 saturated heterocycles. The molecule has 0 saturated carbocycles. The average Bonchev–Trinajstić information content (AvgIpc) is 2.49. The number of hydrogen-bond donors (Lipinski definition) is 2. The van der Waals surface area contributed by atoms with Gasteiger partial charge in [0.25, 0.3) is 0 Å². The quantitative estimate of drug-likeness (QED) is 0.578. The summed E-state index contributed by atoms with van der Waals surface area (Å²) in [7, 11) is 0.778. The molecule has 0 spiro atoms. The molecule has 0 aliphatic heterocycles. The first-order valence-corrected chi connectivity index (χ1v) is 9.95. The molecule has 0 fully saturated rings. The van der Waals surface area contributed by atoms with E-state index in [4.69, 9.17) is 11.6 Å². The Labute approximate surface area is 158 Å². The van der Waals surface area contributed by atoms with Crippen molar-refractivity contribution in [3.63, 3.8) is 0 Å². The van der Waals surface area contributed by atoms with E-state index < -0.39 is 10.8 Å². The van der Waals surface area contributed by atoms with Gasteiger partial charge in [0.1, 0.15) is 5.82 Å². The van der Waals surface area contributed by atoms with E-state index in [-0.39, 0.29) is 16.0 Å². The summed E-state index contributed by atoms with van der Waals surface area (Å²) >= 11 is 6.18. The monoisotopic (exact) mass is 389 g/mol. The molecular formula is C18H29ClFN3OS. The van der Waals surface area contributed by atoms with E-state index in [1.165, 1.54) is 12.1 Å². The predicted molar refractivity (Wildman–Crippen MR) is 107 cm³/mol. The summed E-state index contributed by atoms with van der Waals surface area (Å²) in [6, 6.07) is 4.45. The topological polar surface area (TPSA) is 53.5 Å². The number of nitrogens with one attached hydrogen (secondary N) is 2. The Balaban J connectivity index is 2.60. The first kappa shape index (κ1) is 21.9. The first-order chi connectivity index (χ1) is 11.5. The second kappa shape index (κ2) is 8.99. The zero-order valence-corrected chi connectivity index (χ0v) is 17.4. The van der Waals surface area contributed by atoms with E-state index in [2.05, 4.69) is 15.6 Å². The number of rotatable bonds is 6. The fraction of sp³-hybridized carbons (Fsp3) is 0.611. The lowest BCUT2D eigenvalue weighted by Gasteiger charge is -2.28. The standard InChI is InChI=1S/C18H29ClFN3OS/c1-17(2,3)25(24)10-9-22-16(21-6)23-12-18(4,5)14-8-7-13(20)11-15(14)19/h7-8,11H,9-10,12H2,1-6H3,(H2,21,22,23). The number of nitrogens with zero attached hydrogens (tertiary/aromatic N) is 1. The molecule has 0 amide bonds. The van der Waals surface area contributed by atoms with Crippen LogP contribution in [0.15, 0.2) is 23.2 Å². The van der Waals surface area contributed by atoms with E-state index in [0.29, 0.717) is 29.8 Å². The molecule has 1 rings (SSSR count). The number of guanidine groups is 1. The Bertz CT molecular complexity index is 642. The molecule has 0 radical (unpaired) electrons. The van der Waals surface area contributed by atoms with Gasteiger partial charge in [-0.1, -0.05) is 31.5 Å². The van der Waals surface area contributed by atoms with Gasteiger partial charge in [-0.2, -0.15) is 0 Å². The molecule has 2 N–H and O–H groups in total. The van der Waals surface area contributed by atoms with Crippen LogP contribution in [-0.4, -0.2) is 40.8 Å². The van der Waals surface area contributed by atoms with Crippen molar-refractivity contribution in [1.82, 2.24) is 10.6 Å². The summed E-state index contributed by atoms with van der Waals surface area (Å²) in [5, 5.41) is 6.84. The maximum Gasteiger partial charge on any atom is 0.191 e. The van der Waals surface area contributed by atoms with Gasteiger partial charge in [-0.3, -0.25) is 9.20 Å². The van der Waals surface area contributed by atoms with Gasteiger partial charge in [0.15, 0.2) is 5.96 Å². The van der Waals surface area contributed by atoms with E-state index in [0.717, 1.165) is 5.56 Å². The molecule has 7 heteroatoms. The third kappa shape index (κ3) is 6.94. The van der Waals surface area contributed by atoms with Crippen molar-refractivity contribution in [3.8, 4) is 0 Å². The highest BCUT2D eigenvalue weighted by Gasteiger charge is 2.24. The maximum absolute atomic E-state index is 13.2. The van der Waals surface area contributed by atoms with Gasteiger partial charge in [0.2, 0.25) is 0 Å². The van der Waals surface area contributed by atoms with E-state index in [1.807, 2.05) is 34.6 Å². The Kier molecular flexibility index (Phi) is 7.88. The van der Waals surface area contributed by atoms with Crippen LogP contribution in [0.1, 0.15) is 40.2 Å². The summed E-state index contributed by atoms with van der Waals surface area (Å²) in [6.45, 7) is 11.1. The van der Waals surface area contributed by atoms with Crippen molar-refractivity contribution in [2.24, 2.45) is 4.99 Å². The Morgan fingerprint density at radius 2 is 1.88 bits per heavy atom. The highest BCUT2D eigenvalue weighted by molar-refractivity contribution is 7.86. The van der Waals surface area contributed by atoms with Crippen molar-refractivity contribution < 1.29 is 8.60 Å². The summed E-state index contributed by atoms with van der Waals surface area (Å²) < 4.78 is 25.1. The largest absolute Gasteiger partial charge is 0.356 e. The first-order valence-electron chi connectivity index (χ1n) is 8.26. The second-order valence-corrected chi connectivity index (χ2v) is 10.3. The van der Waals surface area contributed by atoms with E-state index in [9.17, 15) is 8.60 Å². The molecule has 1 aromatic rings. The van der Waals surface area contributed by atoms with Crippen LogP contribution in [-0.2, 0) is 16.2 Å². The van der Waals surface area contributed by atoms with Crippen molar-refractivity contribution in [3.05, 3.63) is 34.6 Å². The Morgan fingerprint density at radius 1 is 1.24 bits per heavy atom. The van der Waals surface area contributed by atoms with Crippen LogP contribution < -0.4 is 10.6 Å². The lowest BCUT2D eigenvalue weighted by molar-refractivity contribution is 0.507. The number of aliphatic imine (C=N–C) groups is 1. The number of benzene rings is 1. The second-order valence-electron chi connectivity index (χ2n) is 7.52. The third-order valence-corrected chi connectivity index (χ3v) is 6.10. The van der Waals surface area contributed by atoms with E-state index in [1.54, 1.807) is 13.1 Å². The highest BCUT2D eigenvalue weighted by atomic mass is 35.5. The summed E-state index contributed by atoms with van der Waals surface area (Å²) in [5.41, 5.74) is 0.559. The van der Waals surface area contributed by atoms with Gasteiger partial charge < -0.3 is 10.6 Å². The van der Waals surface area contributed by atoms with Crippen molar-refractivity contribution in [2.75, 3.05) is 25.9 Å². The molecule has 0 aromatic heterocycles. The Hall–Kier alpha value is -1.14. The third-order valence-electron chi connectivity index (χ3n) is 3.84. The Morgan fingerprint density at radius 3 is 2.40 bits per heavy atom. The fourth-order valence-corrected chi connectivity index (χ4v) is 3.55. The van der Waals surface area contributed by atoms with Crippen molar-refractivity contribution >= 4 is 28.4 Å². The zero-order valence-electron chi connectivity index (χ0n) is 15.9. The molecule has 1 atom stereocenters. The smallest absolute Gasteiger partial charge is 0.191 e. The van der Waals surface area contributed by atoms with Crippen LogP contribution in [0.2, 0.25) is 5.02 Å². The minimum atomic E-state index is -0.910. The molecular weight excluding hydrogens is 361 g/mol. The average molecular weight is 390 g/mol. The van der Waals surface area contributed by atoms with Crippen LogP contribution >= 0.6 is 11.6 Å². The zero-order chi connectivity index (χ0) is 19.3. The fourth-order valence-electron chi connectivity index (χ4n) is 2.23. The van der Waals surface area contributed by atoms with Crippen molar-refractivity contribution in [1.29, 1.82) is 0 Å². The molecule has 0 aliphatic carbocycles. The number of halogens is 2. The predicted octanol–water partition coefficient (Wildman–Crippen LogP) is 3.47. The SMILES string of the molecule is CN=C(NCCS(=O)C(C)(C)C)NCC(C)(C)c1ccc(F)cc1Cl. The lowest BCUT2D eigenvalue weighted by atomic mass is 9.84. The normalized spacial score (nSPS) is 14.3. The molecule has 1 unspecified atom stereocenters. The summed E-state index contributed by atoms with van der Waals surface area (Å²) in [6.07, 6.45) is 0. The minimum Gasteiger partial charge on any atom is -0.356 e. The molecule has 1 aromatic carbocycles. The molecule has 0 bridgehead atoms. The lowest BCUT2D eigenvalue weighted by Crippen LogP contribution is -2.45. The van der Waals surface area contributed by atoms with Gasteiger partial charge in [0, 0.05) is 51.9 Å². The van der Waals surface area contributed by atoms with Crippen LogP contribution in [0, 0.1) is 5.82 Å². The van der Waals surface area contributed by atoms with Crippen LogP contribution in [0.3, 0.4) is 0 Å². The molecule has 4 nitrogen and oxygen atoms in total. The van der Waals surface area contributed by atoms with Gasteiger partial charge in [-0.05, 0) is 38.5 Å². The highest BCUT2D eigenvalue weighted by Crippen LogP contribution is 2.29. The summed E-state index contributed by atoms with van der Waals surface area (Å²) in [5.74, 6) is 0.844. The van der Waals surface area contributed by atoms with Gasteiger partial charge in [0.05, 0.1) is 0 Å². The van der Waals surface area contributed by atoms with Gasteiger partial charge in [-0.15, -0.1) is 0 Å². The molecule has 142 valence electrons. The van der Waals surface area contributed by atoms with E-state index >= 15 is 0 Å².